The molecule has 2 heterocycles. The number of rotatable bonds is 6. The van der Waals surface area contributed by atoms with E-state index in [1.54, 1.807) is 0 Å². The lowest BCUT2D eigenvalue weighted by Gasteiger charge is -2.15. The van der Waals surface area contributed by atoms with E-state index >= 15 is 0 Å². The van der Waals surface area contributed by atoms with Gasteiger partial charge in [0.1, 0.15) is 0 Å². The van der Waals surface area contributed by atoms with Crippen molar-refractivity contribution in [2.24, 2.45) is 0 Å². The van der Waals surface area contributed by atoms with E-state index in [2.05, 4.69) is 63.2 Å². The van der Waals surface area contributed by atoms with E-state index in [-0.39, 0.29) is 0 Å². The molecule has 5 heteroatoms. The maximum Gasteiger partial charge on any atom is 0.0656 e. The van der Waals surface area contributed by atoms with E-state index in [1.165, 1.54) is 39.8 Å². The molecule has 1 aliphatic rings. The van der Waals surface area contributed by atoms with Crippen LogP contribution < -0.4 is 5.32 Å². The molecule has 1 unspecified atom stereocenters. The Morgan fingerprint density at radius 2 is 2.29 bits per heavy atom. The lowest BCUT2D eigenvalue weighted by atomic mass is 10.1. The first-order valence-corrected chi connectivity index (χ1v) is 9.73. The molecule has 114 valence electrons. The van der Waals surface area contributed by atoms with Gasteiger partial charge in [-0.3, -0.25) is 4.68 Å². The Bertz CT molecular complexity index is 572. The smallest absolute Gasteiger partial charge is 0.0656 e. The molecule has 21 heavy (non-hydrogen) atoms. The van der Waals surface area contributed by atoms with Gasteiger partial charge in [-0.1, -0.05) is 19.8 Å². The zero-order valence-electron chi connectivity index (χ0n) is 12.4. The van der Waals surface area contributed by atoms with Crippen molar-refractivity contribution in [3.05, 3.63) is 37.9 Å². The van der Waals surface area contributed by atoms with Crippen LogP contribution in [0.5, 0.6) is 0 Å². The minimum Gasteiger partial charge on any atom is -0.310 e. The Morgan fingerprint density at radius 3 is 2.95 bits per heavy atom. The molecule has 1 aliphatic carbocycles. The van der Waals surface area contributed by atoms with Crippen molar-refractivity contribution in [2.75, 3.05) is 6.54 Å². The number of hydrogen-bond donors (Lipinski definition) is 1. The number of thiophene rings is 1. The molecule has 0 radical (unpaired) electrons. The summed E-state index contributed by atoms with van der Waals surface area (Å²) >= 11 is 4.21. The van der Waals surface area contributed by atoms with Crippen LogP contribution in [0.15, 0.2) is 23.7 Å². The monoisotopic (exact) mass is 415 g/mol. The summed E-state index contributed by atoms with van der Waals surface area (Å²) in [6.07, 6.45) is 8.44. The standard InChI is InChI=1S/C16H22IN3S/c1-2-18-15(12-9-16(17)21-11-12)10-13-7-8-20(19-13)14-5-3-4-6-14/h7-9,11,14-15,18H,2-6,10H2,1H3. The Labute approximate surface area is 144 Å². The van der Waals surface area contributed by atoms with Crippen LogP contribution in [-0.2, 0) is 6.42 Å². The first-order valence-electron chi connectivity index (χ1n) is 7.77. The number of nitrogens with one attached hydrogen (secondary N) is 1. The highest BCUT2D eigenvalue weighted by molar-refractivity contribution is 14.1. The van der Waals surface area contributed by atoms with E-state index in [0.717, 1.165) is 13.0 Å². The highest BCUT2D eigenvalue weighted by Gasteiger charge is 2.19. The Hall–Kier alpha value is -0.400. The molecular weight excluding hydrogens is 393 g/mol. The predicted molar refractivity (Wildman–Crippen MR) is 96.9 cm³/mol. The summed E-state index contributed by atoms with van der Waals surface area (Å²) in [4.78, 5) is 0. The largest absolute Gasteiger partial charge is 0.310 e. The summed E-state index contributed by atoms with van der Waals surface area (Å²) in [5.41, 5.74) is 2.59. The molecule has 3 nitrogen and oxygen atoms in total. The van der Waals surface area contributed by atoms with Crippen LogP contribution in [0.2, 0.25) is 0 Å². The summed E-state index contributed by atoms with van der Waals surface area (Å²) in [6, 6.07) is 5.49. The van der Waals surface area contributed by atoms with Crippen molar-refractivity contribution in [1.82, 2.24) is 15.1 Å². The van der Waals surface area contributed by atoms with Crippen LogP contribution in [-0.4, -0.2) is 16.3 Å². The summed E-state index contributed by atoms with van der Waals surface area (Å²) in [7, 11) is 0. The molecule has 2 aromatic rings. The van der Waals surface area contributed by atoms with Crippen molar-refractivity contribution in [2.45, 2.75) is 51.1 Å². The van der Waals surface area contributed by atoms with Crippen LogP contribution in [0.25, 0.3) is 0 Å². The van der Waals surface area contributed by atoms with Gasteiger partial charge in [-0.15, -0.1) is 11.3 Å². The summed E-state index contributed by atoms with van der Waals surface area (Å²) < 4.78 is 3.55. The van der Waals surface area contributed by atoms with Crippen LogP contribution in [0.3, 0.4) is 0 Å². The van der Waals surface area contributed by atoms with Crippen LogP contribution in [0.4, 0.5) is 0 Å². The summed E-state index contributed by atoms with van der Waals surface area (Å²) in [6.45, 7) is 3.15. The SMILES string of the molecule is CCNC(Cc1ccn(C2CCCC2)n1)c1csc(I)c1. The van der Waals surface area contributed by atoms with Gasteiger partial charge in [0.25, 0.3) is 0 Å². The van der Waals surface area contributed by atoms with Gasteiger partial charge in [-0.05, 0) is 65.1 Å². The topological polar surface area (TPSA) is 29.9 Å². The van der Waals surface area contributed by atoms with Crippen molar-refractivity contribution in [1.29, 1.82) is 0 Å². The molecule has 1 saturated carbocycles. The fourth-order valence-electron chi connectivity index (χ4n) is 3.13. The van der Waals surface area contributed by atoms with Gasteiger partial charge in [-0.25, -0.2) is 0 Å². The first kappa shape index (κ1) is 15.5. The van der Waals surface area contributed by atoms with E-state index in [1.807, 2.05) is 11.3 Å². The third-order valence-electron chi connectivity index (χ3n) is 4.22. The Balaban J connectivity index is 1.70. The normalized spacial score (nSPS) is 17.4. The Morgan fingerprint density at radius 1 is 1.48 bits per heavy atom. The molecule has 0 amide bonds. The van der Waals surface area contributed by atoms with Gasteiger partial charge in [-0.2, -0.15) is 5.10 Å². The molecule has 3 rings (SSSR count). The molecule has 0 bridgehead atoms. The third-order valence-corrected chi connectivity index (χ3v) is 6.02. The van der Waals surface area contributed by atoms with E-state index in [9.17, 15) is 0 Å². The maximum atomic E-state index is 4.82. The summed E-state index contributed by atoms with van der Waals surface area (Å²) in [5.74, 6) is 0. The minimum absolute atomic E-state index is 0.377. The fourth-order valence-corrected chi connectivity index (χ4v) is 4.55. The van der Waals surface area contributed by atoms with Gasteiger partial charge < -0.3 is 5.32 Å². The Kier molecular flexibility index (Phi) is 5.34. The molecular formula is C16H22IN3S. The lowest BCUT2D eigenvalue weighted by Crippen LogP contribution is -2.22. The third kappa shape index (κ3) is 3.87. The highest BCUT2D eigenvalue weighted by Crippen LogP contribution is 2.29. The molecule has 1 atom stereocenters. The van der Waals surface area contributed by atoms with E-state index in [0.29, 0.717) is 12.1 Å². The second-order valence-electron chi connectivity index (χ2n) is 5.72. The van der Waals surface area contributed by atoms with E-state index < -0.39 is 0 Å². The van der Waals surface area contributed by atoms with Crippen molar-refractivity contribution < 1.29 is 0 Å². The molecule has 0 spiro atoms. The number of likely N-dealkylation sites (N-methyl/N-ethyl adjacent to an activating group) is 1. The molecule has 0 aliphatic heterocycles. The minimum atomic E-state index is 0.377. The number of nitrogens with zero attached hydrogens (tertiary/aromatic N) is 2. The predicted octanol–water partition coefficient (Wildman–Crippen LogP) is 4.56. The van der Waals surface area contributed by atoms with Crippen LogP contribution >= 0.6 is 33.9 Å². The van der Waals surface area contributed by atoms with Crippen molar-refractivity contribution >= 4 is 33.9 Å². The van der Waals surface area contributed by atoms with Crippen LogP contribution in [0.1, 0.15) is 55.9 Å². The zero-order valence-corrected chi connectivity index (χ0v) is 15.4. The van der Waals surface area contributed by atoms with Crippen molar-refractivity contribution in [3.63, 3.8) is 0 Å². The van der Waals surface area contributed by atoms with Gasteiger partial charge in [0.05, 0.1) is 14.6 Å². The zero-order chi connectivity index (χ0) is 14.7. The lowest BCUT2D eigenvalue weighted by molar-refractivity contribution is 0.457. The quantitative estimate of drug-likeness (QED) is 0.702. The number of halogens is 1. The molecule has 0 saturated heterocycles. The number of hydrogen-bond acceptors (Lipinski definition) is 3. The fraction of sp³-hybridized carbons (Fsp3) is 0.562. The van der Waals surface area contributed by atoms with Gasteiger partial charge in [0.2, 0.25) is 0 Å². The maximum absolute atomic E-state index is 4.82. The average molecular weight is 415 g/mol. The molecule has 1 N–H and O–H groups in total. The molecule has 0 aromatic carbocycles. The average Bonchev–Trinajstić information content (AvgIpc) is 3.18. The van der Waals surface area contributed by atoms with E-state index in [4.69, 9.17) is 5.10 Å². The second-order valence-corrected chi connectivity index (χ2v) is 8.53. The second kappa shape index (κ2) is 7.24. The summed E-state index contributed by atoms with van der Waals surface area (Å²) in [5, 5.41) is 10.7. The van der Waals surface area contributed by atoms with Gasteiger partial charge >= 0.3 is 0 Å². The molecule has 1 fully saturated rings. The van der Waals surface area contributed by atoms with Gasteiger partial charge in [0.15, 0.2) is 0 Å². The van der Waals surface area contributed by atoms with Crippen molar-refractivity contribution in [3.8, 4) is 0 Å². The molecule has 2 aromatic heterocycles. The van der Waals surface area contributed by atoms with Gasteiger partial charge in [0, 0.05) is 18.7 Å². The number of aromatic nitrogens is 2. The van der Waals surface area contributed by atoms with Crippen LogP contribution in [0, 0.1) is 2.88 Å². The first-order chi connectivity index (χ1) is 10.3. The highest BCUT2D eigenvalue weighted by atomic mass is 127.